The summed E-state index contributed by atoms with van der Waals surface area (Å²) in [5.74, 6) is 0.586. The Labute approximate surface area is 249 Å². The van der Waals surface area contributed by atoms with Crippen molar-refractivity contribution in [2.45, 2.75) is 77.2 Å². The van der Waals surface area contributed by atoms with E-state index >= 15 is 0 Å². The molecule has 0 aromatic carbocycles. The van der Waals surface area contributed by atoms with Crippen LogP contribution in [0.15, 0.2) is 42.1 Å². The number of nitrogens with two attached hydrogens (primary N) is 1. The summed E-state index contributed by atoms with van der Waals surface area (Å²) in [6.45, 7) is 6.12. The molecule has 224 valence electrons. The van der Waals surface area contributed by atoms with Gasteiger partial charge in [0.15, 0.2) is 5.88 Å². The Bertz CT molecular complexity index is 1820. The predicted molar refractivity (Wildman–Crippen MR) is 161 cm³/mol. The van der Waals surface area contributed by atoms with Crippen LogP contribution in [0.4, 0.5) is 0 Å². The summed E-state index contributed by atoms with van der Waals surface area (Å²) in [5.41, 5.74) is 12.5. The van der Waals surface area contributed by atoms with Crippen LogP contribution in [-0.2, 0) is 11.3 Å². The monoisotopic (exact) mass is 583 g/mol. The minimum Gasteiger partial charge on any atom is -0.482 e. The molecule has 11 heteroatoms. The third-order valence-electron chi connectivity index (χ3n) is 9.07. The van der Waals surface area contributed by atoms with Gasteiger partial charge in [0.2, 0.25) is 5.91 Å². The molecule has 1 saturated carbocycles. The van der Waals surface area contributed by atoms with Gasteiger partial charge in [-0.2, -0.15) is 0 Å². The van der Waals surface area contributed by atoms with E-state index in [1.54, 1.807) is 13.2 Å². The molecule has 2 amide bonds. The maximum absolute atomic E-state index is 13.7. The first kappa shape index (κ1) is 27.6. The van der Waals surface area contributed by atoms with Crippen molar-refractivity contribution in [1.82, 2.24) is 29.2 Å². The van der Waals surface area contributed by atoms with Crippen molar-refractivity contribution in [2.24, 2.45) is 11.7 Å². The number of imidazole rings is 1. The number of carbonyl (C=O) groups excluding carboxylic acids is 2. The molecule has 4 atom stereocenters. The van der Waals surface area contributed by atoms with E-state index in [2.05, 4.69) is 22.0 Å². The first-order valence-electron chi connectivity index (χ1n) is 15.0. The summed E-state index contributed by atoms with van der Waals surface area (Å²) in [6, 6.07) is 9.29. The second-order valence-electron chi connectivity index (χ2n) is 12.2. The largest absolute Gasteiger partial charge is 0.482 e. The highest BCUT2D eigenvalue weighted by Crippen LogP contribution is 2.39. The van der Waals surface area contributed by atoms with E-state index < -0.39 is 12.0 Å². The van der Waals surface area contributed by atoms with E-state index in [1.165, 1.54) is 19.8 Å². The van der Waals surface area contributed by atoms with Crippen LogP contribution in [-0.4, -0.2) is 66.1 Å². The van der Waals surface area contributed by atoms with E-state index in [-0.39, 0.29) is 24.0 Å². The molecule has 1 aliphatic carbocycles. The van der Waals surface area contributed by atoms with Crippen LogP contribution in [0.25, 0.3) is 28.1 Å². The Balaban J connectivity index is 1.31. The van der Waals surface area contributed by atoms with Gasteiger partial charge in [0.25, 0.3) is 5.91 Å². The molecule has 2 fully saturated rings. The lowest BCUT2D eigenvalue weighted by atomic mass is 10.0. The van der Waals surface area contributed by atoms with E-state index in [9.17, 15) is 14.7 Å². The molecule has 1 saturated heterocycles. The van der Waals surface area contributed by atoms with Gasteiger partial charge >= 0.3 is 0 Å². The molecular weight excluding hydrogens is 546 g/mol. The van der Waals surface area contributed by atoms with E-state index in [0.717, 1.165) is 53.2 Å². The van der Waals surface area contributed by atoms with Crippen molar-refractivity contribution < 1.29 is 19.4 Å². The van der Waals surface area contributed by atoms with E-state index in [1.807, 2.05) is 41.3 Å². The molecule has 2 aliphatic heterocycles. The molecule has 43 heavy (non-hydrogen) atoms. The van der Waals surface area contributed by atoms with Gasteiger partial charge in [-0.1, -0.05) is 6.08 Å². The molecule has 0 spiro atoms. The molecule has 4 N–H and O–H groups in total. The molecule has 0 radical (unpaired) electrons. The lowest BCUT2D eigenvalue weighted by molar-refractivity contribution is -0.129. The Morgan fingerprint density at radius 3 is 2.63 bits per heavy atom. The van der Waals surface area contributed by atoms with Crippen molar-refractivity contribution in [3.63, 3.8) is 0 Å². The Morgan fingerprint density at radius 2 is 1.98 bits per heavy atom. The number of aliphatic hydroxyl groups excluding tert-OH is 1. The zero-order chi connectivity index (χ0) is 30.2. The van der Waals surface area contributed by atoms with Gasteiger partial charge in [0.1, 0.15) is 23.1 Å². The SMILES string of the molecule is COc1cc(C(=O)N2C3=CC[C@H]2C[C@H]3N)cc2nc(-c3cc4ccc([C@@H](C)NC(=O)[C@@H](C)O)nc4n3CC3CC3)c(C)n12. The number of nitrogens with one attached hydrogen (secondary N) is 1. The minimum atomic E-state index is -1.09. The highest BCUT2D eigenvalue weighted by molar-refractivity contribution is 5.98. The van der Waals surface area contributed by atoms with Crippen molar-refractivity contribution in [3.8, 4) is 17.3 Å². The summed E-state index contributed by atoms with van der Waals surface area (Å²) in [6.07, 6.45) is 4.94. The van der Waals surface area contributed by atoms with E-state index in [4.69, 9.17) is 20.4 Å². The summed E-state index contributed by atoms with van der Waals surface area (Å²) in [7, 11) is 1.60. The highest BCUT2D eigenvalue weighted by atomic mass is 16.5. The third kappa shape index (κ3) is 4.58. The molecule has 3 aliphatic rings. The molecule has 7 rings (SSSR count). The maximum atomic E-state index is 13.7. The zero-order valence-electron chi connectivity index (χ0n) is 24.9. The molecular formula is C32H37N7O4. The van der Waals surface area contributed by atoms with Crippen LogP contribution in [0, 0.1) is 12.8 Å². The Kier molecular flexibility index (Phi) is 6.55. The first-order chi connectivity index (χ1) is 20.6. The zero-order valence-corrected chi connectivity index (χ0v) is 24.9. The van der Waals surface area contributed by atoms with Gasteiger partial charge < -0.3 is 30.4 Å². The quantitative estimate of drug-likeness (QED) is 0.289. The Hall–Kier alpha value is -4.22. The lowest BCUT2D eigenvalue weighted by Crippen LogP contribution is -2.34. The van der Waals surface area contributed by atoms with Crippen LogP contribution in [0.3, 0.4) is 0 Å². The number of hydrogen-bond donors (Lipinski definition) is 3. The fourth-order valence-electron chi connectivity index (χ4n) is 6.56. The van der Waals surface area contributed by atoms with Gasteiger partial charge in [-0.25, -0.2) is 9.97 Å². The van der Waals surface area contributed by atoms with Gasteiger partial charge in [-0.05, 0) is 76.6 Å². The summed E-state index contributed by atoms with van der Waals surface area (Å²) in [4.78, 5) is 37.7. The maximum Gasteiger partial charge on any atom is 0.258 e. The minimum absolute atomic E-state index is 0.0823. The second kappa shape index (κ2) is 10.2. The summed E-state index contributed by atoms with van der Waals surface area (Å²) in [5, 5.41) is 13.4. The van der Waals surface area contributed by atoms with E-state index in [0.29, 0.717) is 28.7 Å². The fraction of sp³-hybridized carbons (Fsp3) is 0.438. The average molecular weight is 584 g/mol. The van der Waals surface area contributed by atoms with Gasteiger partial charge in [0.05, 0.1) is 30.2 Å². The third-order valence-corrected chi connectivity index (χ3v) is 9.07. The van der Waals surface area contributed by atoms with Crippen LogP contribution in [0.2, 0.25) is 0 Å². The molecule has 4 aromatic heterocycles. The standard InChI is InChI=1S/C32H37N7O4/c1-16(34-31(41)18(3)40)24-9-7-20-11-26(37(30(20)35-24)15-19-5-6-19)29-17(2)38-27(36-29)12-21(13-28(38)43-4)32(42)39-22-8-10-25(39)23(33)14-22/h7,9-13,16,18-19,22-23,40H,5-6,8,14-15,33H2,1-4H3,(H,34,41)/t16-,18-,22+,23-/m1/s1. The molecule has 4 aromatic rings. The summed E-state index contributed by atoms with van der Waals surface area (Å²) < 4.78 is 9.97. The van der Waals surface area contributed by atoms with Crippen LogP contribution in [0.5, 0.6) is 5.88 Å². The number of ether oxygens (including phenoxy) is 1. The smallest absolute Gasteiger partial charge is 0.258 e. The topological polar surface area (TPSA) is 140 Å². The van der Waals surface area contributed by atoms with Crippen LogP contribution >= 0.6 is 0 Å². The number of carbonyl (C=O) groups is 2. The number of hydrogen-bond acceptors (Lipinski definition) is 7. The number of amides is 2. The van der Waals surface area contributed by atoms with Crippen molar-refractivity contribution in [2.75, 3.05) is 7.11 Å². The average Bonchev–Trinajstić information content (AvgIpc) is 3.31. The number of rotatable bonds is 8. The first-order valence-corrected chi connectivity index (χ1v) is 15.0. The number of fused-ring (bicyclic) bond motifs is 4. The van der Waals surface area contributed by atoms with Crippen molar-refractivity contribution in [1.29, 1.82) is 0 Å². The lowest BCUT2D eigenvalue weighted by Gasteiger charge is -2.20. The molecule has 11 nitrogen and oxygen atoms in total. The number of aryl methyl sites for hydroxylation is 1. The number of methoxy groups -OCH3 is 1. The van der Waals surface area contributed by atoms with Crippen molar-refractivity contribution >= 4 is 28.5 Å². The number of nitrogens with zero attached hydrogens (tertiary/aromatic N) is 5. The number of pyridine rings is 2. The van der Waals surface area contributed by atoms with Gasteiger partial charge in [-0.15, -0.1) is 0 Å². The summed E-state index contributed by atoms with van der Waals surface area (Å²) >= 11 is 0. The molecule has 6 heterocycles. The Morgan fingerprint density at radius 1 is 1.19 bits per heavy atom. The van der Waals surface area contributed by atoms with Crippen LogP contribution in [0.1, 0.15) is 67.3 Å². The predicted octanol–water partition coefficient (Wildman–Crippen LogP) is 3.47. The highest BCUT2D eigenvalue weighted by Gasteiger charge is 2.42. The molecule has 2 bridgehead atoms. The number of aromatic nitrogens is 4. The van der Waals surface area contributed by atoms with Gasteiger partial charge in [-0.3, -0.25) is 14.0 Å². The van der Waals surface area contributed by atoms with Crippen molar-refractivity contribution in [3.05, 3.63) is 59.1 Å². The van der Waals surface area contributed by atoms with Gasteiger partial charge in [0, 0.05) is 41.3 Å². The molecule has 0 unspecified atom stereocenters. The normalized spacial score (nSPS) is 21.0. The van der Waals surface area contributed by atoms with Crippen LogP contribution < -0.4 is 15.8 Å². The second-order valence-corrected chi connectivity index (χ2v) is 12.2. The number of aliphatic hydroxyl groups is 1. The fourth-order valence-corrected chi connectivity index (χ4v) is 6.56.